The number of carbonyl (C=O) groups excluding carboxylic acids is 2. The van der Waals surface area contributed by atoms with Crippen molar-refractivity contribution in [1.29, 1.82) is 0 Å². The van der Waals surface area contributed by atoms with Gasteiger partial charge in [0.1, 0.15) is 11.4 Å². The number of nitrogens with one attached hydrogen (secondary N) is 2. The molecule has 0 unspecified atom stereocenters. The van der Waals surface area contributed by atoms with Gasteiger partial charge in [-0.3, -0.25) is 10.1 Å². The summed E-state index contributed by atoms with van der Waals surface area (Å²) in [4.78, 5) is 28.0. The molecule has 196 valence electrons. The number of rotatable bonds is 3. The number of amides is 2. The summed E-state index contributed by atoms with van der Waals surface area (Å²) in [6.45, 7) is 3.09. The lowest BCUT2D eigenvalue weighted by molar-refractivity contribution is -0.135. The van der Waals surface area contributed by atoms with E-state index in [-0.39, 0.29) is 23.0 Å². The Kier molecular flexibility index (Phi) is 6.17. The molecule has 7 nitrogen and oxygen atoms in total. The third kappa shape index (κ3) is 4.34. The summed E-state index contributed by atoms with van der Waals surface area (Å²) in [5.74, 6) is 0.0587. The van der Waals surface area contributed by atoms with Crippen molar-refractivity contribution < 1.29 is 23.5 Å². The Labute approximate surface area is 224 Å². The molecule has 0 saturated carbocycles. The molecule has 0 aliphatic carbocycles. The predicted molar refractivity (Wildman–Crippen MR) is 140 cm³/mol. The number of likely N-dealkylation sites (tertiary alicyclic amines) is 1. The molecule has 6 rings (SSSR count). The largest absolute Gasteiger partial charge is 0.493 e. The fraction of sp³-hybridized carbons (Fsp3) is 0.345. The van der Waals surface area contributed by atoms with Gasteiger partial charge in [0, 0.05) is 19.4 Å². The highest BCUT2D eigenvalue weighted by atomic mass is 35.5. The average molecular weight is 536 g/mol. The molecule has 9 heteroatoms. The number of nitrogens with zero attached hydrogens (tertiary/aromatic N) is 1. The van der Waals surface area contributed by atoms with Crippen molar-refractivity contribution in [2.24, 2.45) is 0 Å². The number of carbonyl (C=O) groups is 2. The number of piperidine rings is 1. The number of halogens is 2. The number of fused-ring (bicyclic) bond motifs is 3. The van der Waals surface area contributed by atoms with E-state index in [1.807, 2.05) is 25.1 Å². The molecule has 2 N–H and O–H groups in total. The quantitative estimate of drug-likeness (QED) is 0.518. The summed E-state index contributed by atoms with van der Waals surface area (Å²) in [5, 5.41) is 5.83. The van der Waals surface area contributed by atoms with E-state index in [1.54, 1.807) is 11.0 Å². The minimum absolute atomic E-state index is 0.0271. The second kappa shape index (κ2) is 9.53. The Morgan fingerprint density at radius 2 is 2.13 bits per heavy atom. The number of hydrogen-bond acceptors (Lipinski definition) is 5. The Balaban J connectivity index is 1.25. The summed E-state index contributed by atoms with van der Waals surface area (Å²) >= 11 is 6.09. The zero-order valence-corrected chi connectivity index (χ0v) is 21.7. The third-order valence-corrected chi connectivity index (χ3v) is 7.85. The van der Waals surface area contributed by atoms with E-state index in [9.17, 15) is 9.59 Å². The van der Waals surface area contributed by atoms with E-state index in [4.69, 9.17) is 21.1 Å². The molecule has 2 amide bonds. The van der Waals surface area contributed by atoms with E-state index in [0.29, 0.717) is 50.2 Å². The second-order valence-electron chi connectivity index (χ2n) is 10.2. The van der Waals surface area contributed by atoms with Crippen molar-refractivity contribution in [3.63, 3.8) is 0 Å². The molecule has 1 saturated heterocycles. The number of hydrogen-bond donors (Lipinski definition) is 2. The van der Waals surface area contributed by atoms with Crippen LogP contribution in [0.3, 0.4) is 0 Å². The van der Waals surface area contributed by atoms with Crippen LogP contribution in [0.1, 0.15) is 42.9 Å². The van der Waals surface area contributed by atoms with Crippen molar-refractivity contribution in [2.45, 2.75) is 44.6 Å². The van der Waals surface area contributed by atoms with Crippen LogP contribution in [0.4, 0.5) is 14.9 Å². The predicted octanol–water partition coefficient (Wildman–Crippen LogP) is 5.34. The SMILES string of the molecule is CC1=C(C(=O)N2CCC[C@@]3(C2)OC(=O)Nc2ccc(Cl)c(F)c23)NC(Cc2ccc3c(c2)CCO3)=C=CC1. The van der Waals surface area contributed by atoms with Gasteiger partial charge >= 0.3 is 6.09 Å². The molecule has 4 aliphatic rings. The van der Waals surface area contributed by atoms with Gasteiger partial charge in [0.05, 0.1) is 35.1 Å². The summed E-state index contributed by atoms with van der Waals surface area (Å²) in [6.07, 6.45) is 4.21. The summed E-state index contributed by atoms with van der Waals surface area (Å²) in [7, 11) is 0. The minimum Gasteiger partial charge on any atom is -0.493 e. The second-order valence-corrected chi connectivity index (χ2v) is 10.6. The smallest absolute Gasteiger partial charge is 0.412 e. The number of anilines is 1. The Bertz CT molecular complexity index is 1460. The van der Waals surface area contributed by atoms with Gasteiger partial charge in [-0.25, -0.2) is 9.18 Å². The van der Waals surface area contributed by atoms with Crippen LogP contribution in [0.2, 0.25) is 5.02 Å². The molecule has 1 fully saturated rings. The van der Waals surface area contributed by atoms with Gasteiger partial charge < -0.3 is 19.7 Å². The van der Waals surface area contributed by atoms with Gasteiger partial charge in [-0.05, 0) is 67.2 Å². The minimum atomic E-state index is -1.32. The maximum atomic E-state index is 15.3. The average Bonchev–Trinajstić information content (AvgIpc) is 3.28. The van der Waals surface area contributed by atoms with Gasteiger partial charge in [-0.2, -0.15) is 0 Å². The van der Waals surface area contributed by atoms with Gasteiger partial charge in [0.15, 0.2) is 11.4 Å². The highest BCUT2D eigenvalue weighted by molar-refractivity contribution is 6.31. The first-order valence-electron chi connectivity index (χ1n) is 12.8. The fourth-order valence-electron chi connectivity index (χ4n) is 5.71. The van der Waals surface area contributed by atoms with Crippen LogP contribution in [-0.4, -0.2) is 36.6 Å². The molecular weight excluding hydrogens is 509 g/mol. The molecule has 38 heavy (non-hydrogen) atoms. The Morgan fingerprint density at radius 1 is 1.26 bits per heavy atom. The van der Waals surface area contributed by atoms with Crippen molar-refractivity contribution >= 4 is 29.3 Å². The van der Waals surface area contributed by atoms with E-state index in [2.05, 4.69) is 22.4 Å². The summed E-state index contributed by atoms with van der Waals surface area (Å²) in [5.41, 5.74) is 6.90. The molecule has 1 spiro atoms. The van der Waals surface area contributed by atoms with E-state index < -0.39 is 17.5 Å². The van der Waals surface area contributed by atoms with Gasteiger partial charge in [0.2, 0.25) is 0 Å². The lowest BCUT2D eigenvalue weighted by Crippen LogP contribution is -2.54. The van der Waals surface area contributed by atoms with Crippen LogP contribution < -0.4 is 15.4 Å². The maximum absolute atomic E-state index is 15.3. The van der Waals surface area contributed by atoms with Crippen molar-refractivity contribution in [3.05, 3.63) is 86.6 Å². The first kappa shape index (κ1) is 24.6. The lowest BCUT2D eigenvalue weighted by atomic mass is 9.83. The van der Waals surface area contributed by atoms with Crippen LogP contribution in [0.25, 0.3) is 0 Å². The lowest BCUT2D eigenvalue weighted by Gasteiger charge is -2.45. The molecule has 4 aliphatic heterocycles. The number of ether oxygens (including phenoxy) is 2. The summed E-state index contributed by atoms with van der Waals surface area (Å²) < 4.78 is 26.6. The van der Waals surface area contributed by atoms with E-state index in [0.717, 1.165) is 29.0 Å². The zero-order valence-electron chi connectivity index (χ0n) is 21.0. The van der Waals surface area contributed by atoms with Crippen LogP contribution >= 0.6 is 11.6 Å². The van der Waals surface area contributed by atoms with Crippen molar-refractivity contribution in [3.8, 4) is 5.75 Å². The number of allylic oxidation sites excluding steroid dienone is 2. The van der Waals surface area contributed by atoms with E-state index in [1.165, 1.54) is 11.6 Å². The van der Waals surface area contributed by atoms with Crippen molar-refractivity contribution in [1.82, 2.24) is 10.2 Å². The standard InChI is InChI=1S/C29H27ClFN3O4/c1-17-4-2-5-20(15-18-6-9-23-19(14-18)10-13-37-23)32-26(17)27(35)34-12-3-11-29(16-34)24-22(33-28(36)38-29)8-7-21(30)25(24)31/h2,6-9,14,32H,3-4,10-13,15-16H2,1H3,(H,33,36)/t29-/m0/s1. The third-order valence-electron chi connectivity index (χ3n) is 7.55. The fourth-order valence-corrected chi connectivity index (χ4v) is 5.87. The van der Waals surface area contributed by atoms with Crippen LogP contribution in [0, 0.1) is 5.82 Å². The van der Waals surface area contributed by atoms with Gasteiger partial charge in [-0.1, -0.05) is 23.7 Å². The molecule has 4 heterocycles. The normalized spacial score (nSPS) is 22.0. The van der Waals surface area contributed by atoms with Crippen LogP contribution in [0.5, 0.6) is 5.75 Å². The molecule has 2 aromatic carbocycles. The van der Waals surface area contributed by atoms with Crippen molar-refractivity contribution in [2.75, 3.05) is 25.0 Å². The highest BCUT2D eigenvalue weighted by Crippen LogP contribution is 2.45. The molecule has 1 atom stereocenters. The first-order valence-corrected chi connectivity index (χ1v) is 13.1. The zero-order chi connectivity index (χ0) is 26.4. The highest BCUT2D eigenvalue weighted by Gasteiger charge is 2.49. The summed E-state index contributed by atoms with van der Waals surface area (Å²) in [6, 6.07) is 9.12. The molecular formula is C29H27ClFN3O4. The van der Waals surface area contributed by atoms with Gasteiger partial charge in [-0.15, -0.1) is 5.73 Å². The molecule has 0 bridgehead atoms. The van der Waals surface area contributed by atoms with Gasteiger partial charge in [0.25, 0.3) is 5.91 Å². The monoisotopic (exact) mass is 535 g/mol. The van der Waals surface area contributed by atoms with Crippen LogP contribution in [-0.2, 0) is 28.0 Å². The first-order chi connectivity index (χ1) is 18.3. The number of benzene rings is 2. The van der Waals surface area contributed by atoms with Crippen LogP contribution in [0.15, 0.2) is 59.1 Å². The molecule has 0 aromatic heterocycles. The van der Waals surface area contributed by atoms with E-state index >= 15 is 4.39 Å². The Morgan fingerprint density at radius 3 is 3.00 bits per heavy atom. The molecule has 0 radical (unpaired) electrons. The maximum Gasteiger partial charge on any atom is 0.412 e. The molecule has 2 aromatic rings. The topological polar surface area (TPSA) is 79.9 Å². The Hall–Kier alpha value is -3.74.